The highest BCUT2D eigenvalue weighted by Crippen LogP contribution is 2.17. The van der Waals surface area contributed by atoms with Crippen LogP contribution in [0.2, 0.25) is 0 Å². The zero-order valence-electron chi connectivity index (χ0n) is 12.1. The summed E-state index contributed by atoms with van der Waals surface area (Å²) in [5.74, 6) is 0.720. The van der Waals surface area contributed by atoms with Crippen molar-refractivity contribution in [3.8, 4) is 11.5 Å². The minimum Gasteiger partial charge on any atom is -0.744 e. The summed E-state index contributed by atoms with van der Waals surface area (Å²) in [6.45, 7) is 0.260. The predicted octanol–water partition coefficient (Wildman–Crippen LogP) is 0.953. The maximum Gasteiger partial charge on any atom is 0.124 e. The van der Waals surface area contributed by atoms with Gasteiger partial charge in [-0.2, -0.15) is 0 Å². The van der Waals surface area contributed by atoms with Crippen molar-refractivity contribution >= 4 is 20.2 Å². The van der Waals surface area contributed by atoms with Crippen LogP contribution in [0.1, 0.15) is 0 Å². The zero-order chi connectivity index (χ0) is 17.8. The van der Waals surface area contributed by atoms with Crippen molar-refractivity contribution in [2.45, 2.75) is 9.79 Å². The van der Waals surface area contributed by atoms with Gasteiger partial charge >= 0.3 is 0 Å². The molecule has 10 heteroatoms. The van der Waals surface area contributed by atoms with E-state index >= 15 is 0 Å². The Morgan fingerprint density at radius 2 is 0.917 bits per heavy atom. The average molecular weight is 372 g/mol. The maximum absolute atomic E-state index is 10.8. The molecule has 0 aromatic heterocycles. The monoisotopic (exact) mass is 372 g/mol. The van der Waals surface area contributed by atoms with E-state index in [9.17, 15) is 25.9 Å². The molecule has 0 bridgehead atoms. The van der Waals surface area contributed by atoms with Crippen LogP contribution in [0.5, 0.6) is 11.5 Å². The fraction of sp³-hybridized carbons (Fsp3) is 0.143. The molecule has 0 saturated carbocycles. The van der Waals surface area contributed by atoms with Crippen LogP contribution in [-0.2, 0) is 20.2 Å². The van der Waals surface area contributed by atoms with Crippen LogP contribution in [0.3, 0.4) is 0 Å². The Labute approximate surface area is 139 Å². The van der Waals surface area contributed by atoms with Crippen molar-refractivity contribution in [3.63, 3.8) is 0 Å². The second kappa shape index (κ2) is 7.18. The topological polar surface area (TPSA) is 133 Å². The van der Waals surface area contributed by atoms with Gasteiger partial charge in [-0.1, -0.05) is 0 Å². The van der Waals surface area contributed by atoms with Crippen LogP contribution < -0.4 is 9.47 Å². The van der Waals surface area contributed by atoms with Gasteiger partial charge in [-0.3, -0.25) is 0 Å². The molecular weight excluding hydrogens is 360 g/mol. The van der Waals surface area contributed by atoms with E-state index in [1.165, 1.54) is 24.3 Å². The lowest BCUT2D eigenvalue weighted by Gasteiger charge is -2.11. The Morgan fingerprint density at radius 1 is 0.625 bits per heavy atom. The Hall–Kier alpha value is -2.14. The molecule has 0 N–H and O–H groups in total. The Morgan fingerprint density at radius 3 is 1.17 bits per heavy atom. The van der Waals surface area contributed by atoms with E-state index in [4.69, 9.17) is 9.47 Å². The first kappa shape index (κ1) is 18.2. The summed E-state index contributed by atoms with van der Waals surface area (Å²) >= 11 is 0. The Balaban J connectivity index is 1.83. The van der Waals surface area contributed by atoms with Crippen molar-refractivity contribution in [2.24, 2.45) is 0 Å². The molecule has 0 aliphatic heterocycles. The van der Waals surface area contributed by atoms with E-state index in [2.05, 4.69) is 0 Å². The van der Waals surface area contributed by atoms with Gasteiger partial charge in [0.1, 0.15) is 44.9 Å². The molecule has 130 valence electrons. The van der Waals surface area contributed by atoms with Gasteiger partial charge in [0, 0.05) is 0 Å². The van der Waals surface area contributed by atoms with Gasteiger partial charge in [0.05, 0.1) is 9.79 Å². The molecule has 2 rings (SSSR count). The molecule has 0 atom stereocenters. The van der Waals surface area contributed by atoms with Crippen LogP contribution in [0, 0.1) is 0 Å². The fourth-order valence-electron chi connectivity index (χ4n) is 1.72. The summed E-state index contributed by atoms with van der Waals surface area (Å²) in [6, 6.07) is 9.94. The molecule has 0 radical (unpaired) electrons. The summed E-state index contributed by atoms with van der Waals surface area (Å²) in [4.78, 5) is -0.695. The predicted molar refractivity (Wildman–Crippen MR) is 79.8 cm³/mol. The van der Waals surface area contributed by atoms with Gasteiger partial charge in [-0.25, -0.2) is 16.8 Å². The van der Waals surface area contributed by atoms with E-state index in [0.717, 1.165) is 24.3 Å². The molecule has 2 aromatic rings. The molecule has 0 aliphatic rings. The van der Waals surface area contributed by atoms with Gasteiger partial charge < -0.3 is 18.6 Å². The van der Waals surface area contributed by atoms with Crippen molar-refractivity contribution < 1.29 is 35.4 Å². The molecule has 0 spiro atoms. The molecule has 2 aromatic carbocycles. The molecule has 0 fully saturated rings. The third kappa shape index (κ3) is 5.20. The third-order valence-electron chi connectivity index (χ3n) is 2.85. The van der Waals surface area contributed by atoms with Gasteiger partial charge in [-0.15, -0.1) is 0 Å². The van der Waals surface area contributed by atoms with Crippen LogP contribution in [0.4, 0.5) is 0 Å². The lowest BCUT2D eigenvalue weighted by Crippen LogP contribution is -2.09. The highest BCUT2D eigenvalue weighted by Gasteiger charge is 2.03. The largest absolute Gasteiger partial charge is 0.744 e. The van der Waals surface area contributed by atoms with Gasteiger partial charge in [-0.05, 0) is 48.5 Å². The molecule has 0 saturated heterocycles. The normalized spacial score (nSPS) is 11.9. The highest BCUT2D eigenvalue weighted by molar-refractivity contribution is 7.86. The Bertz CT molecular complexity index is 807. The Kier molecular flexibility index (Phi) is 5.44. The maximum atomic E-state index is 10.8. The van der Waals surface area contributed by atoms with E-state index in [0.29, 0.717) is 11.5 Å². The average Bonchev–Trinajstić information content (AvgIpc) is 2.51. The van der Waals surface area contributed by atoms with Crippen molar-refractivity contribution in [2.75, 3.05) is 13.2 Å². The number of ether oxygens (including phenoxy) is 2. The lowest BCUT2D eigenvalue weighted by molar-refractivity contribution is 0.217. The first-order chi connectivity index (χ1) is 11.2. The second-order valence-electron chi connectivity index (χ2n) is 4.55. The molecule has 24 heavy (non-hydrogen) atoms. The fourth-order valence-corrected chi connectivity index (χ4v) is 2.66. The van der Waals surface area contributed by atoms with Crippen molar-refractivity contribution in [3.05, 3.63) is 48.5 Å². The van der Waals surface area contributed by atoms with E-state index in [1.54, 1.807) is 0 Å². The van der Waals surface area contributed by atoms with E-state index < -0.39 is 20.2 Å². The summed E-state index contributed by atoms with van der Waals surface area (Å²) in [7, 11) is -8.98. The lowest BCUT2D eigenvalue weighted by atomic mass is 10.3. The first-order valence-electron chi connectivity index (χ1n) is 6.54. The van der Waals surface area contributed by atoms with Crippen LogP contribution in [0.25, 0.3) is 0 Å². The number of hydrogen-bond acceptors (Lipinski definition) is 8. The molecule has 0 amide bonds. The molecule has 8 nitrogen and oxygen atoms in total. The summed E-state index contributed by atoms with van der Waals surface area (Å²) in [6.07, 6.45) is 0. The van der Waals surface area contributed by atoms with E-state index in [1.807, 2.05) is 0 Å². The van der Waals surface area contributed by atoms with Gasteiger partial charge in [0.15, 0.2) is 0 Å². The SMILES string of the molecule is O=S(=O)([O-])c1ccc(OCCOc2ccc(S(=O)(=O)[O-])cc2)cc1. The van der Waals surface area contributed by atoms with Crippen molar-refractivity contribution in [1.82, 2.24) is 0 Å². The smallest absolute Gasteiger partial charge is 0.124 e. The zero-order valence-corrected chi connectivity index (χ0v) is 13.7. The number of benzene rings is 2. The van der Waals surface area contributed by atoms with Crippen LogP contribution >= 0.6 is 0 Å². The second-order valence-corrected chi connectivity index (χ2v) is 7.31. The quantitative estimate of drug-likeness (QED) is 0.518. The minimum absolute atomic E-state index is 0.130. The summed E-state index contributed by atoms with van der Waals surface area (Å²) < 4.78 is 75.3. The summed E-state index contributed by atoms with van der Waals surface area (Å²) in [5, 5.41) is 0. The highest BCUT2D eigenvalue weighted by atomic mass is 32.2. The van der Waals surface area contributed by atoms with Gasteiger partial charge in [0.25, 0.3) is 0 Å². The summed E-state index contributed by atoms with van der Waals surface area (Å²) in [5.41, 5.74) is 0. The molecular formula is C14H12O8S2-2. The van der Waals surface area contributed by atoms with E-state index in [-0.39, 0.29) is 23.0 Å². The van der Waals surface area contributed by atoms with Crippen molar-refractivity contribution in [1.29, 1.82) is 0 Å². The molecule has 0 heterocycles. The standard InChI is InChI=1S/C14H14O8S2/c15-23(16,17)13-5-1-11(2-6-13)21-9-10-22-12-3-7-14(8-4-12)24(18,19)20/h1-8H,9-10H2,(H,15,16,17)(H,18,19,20)/p-2. The third-order valence-corrected chi connectivity index (χ3v) is 4.54. The molecule has 0 aliphatic carbocycles. The van der Waals surface area contributed by atoms with Crippen LogP contribution in [0.15, 0.2) is 58.3 Å². The number of hydrogen-bond donors (Lipinski definition) is 0. The van der Waals surface area contributed by atoms with Gasteiger partial charge in [0.2, 0.25) is 0 Å². The number of rotatable bonds is 7. The first-order valence-corrected chi connectivity index (χ1v) is 9.35. The molecule has 0 unspecified atom stereocenters. The minimum atomic E-state index is -4.49. The van der Waals surface area contributed by atoms with Crippen LogP contribution in [-0.4, -0.2) is 39.2 Å².